The minimum Gasteiger partial charge on any atom is -0.457 e. The van der Waals surface area contributed by atoms with Gasteiger partial charge in [-0.3, -0.25) is 4.68 Å². The number of aryl methyl sites for hydroxylation is 1. The maximum Gasteiger partial charge on any atom is 0.341 e. The molecule has 84 valence electrons. The first-order chi connectivity index (χ1) is 7.13. The van der Waals surface area contributed by atoms with E-state index in [1.165, 1.54) is 6.20 Å². The van der Waals surface area contributed by atoms with Gasteiger partial charge in [0.2, 0.25) is 0 Å². The number of ether oxygens (including phenoxy) is 2. The predicted octanol–water partition coefficient (Wildman–Crippen LogP) is 1.00. The molecule has 1 heterocycles. The van der Waals surface area contributed by atoms with Crippen molar-refractivity contribution in [3.63, 3.8) is 0 Å². The summed E-state index contributed by atoms with van der Waals surface area (Å²) in [6, 6.07) is 0. The second-order valence-electron chi connectivity index (χ2n) is 3.28. The summed E-state index contributed by atoms with van der Waals surface area (Å²) in [6.07, 6.45) is 2.86. The Kier molecular flexibility index (Phi) is 4.30. The lowest BCUT2D eigenvalue weighted by molar-refractivity contribution is 0.00439. The molecule has 1 rings (SSSR count). The van der Waals surface area contributed by atoms with Gasteiger partial charge in [0.15, 0.2) is 0 Å². The van der Waals surface area contributed by atoms with Gasteiger partial charge in [-0.1, -0.05) is 0 Å². The van der Waals surface area contributed by atoms with E-state index in [1.807, 2.05) is 6.92 Å². The number of carbonyl (C=O) groups is 1. The Morgan fingerprint density at radius 3 is 2.93 bits per heavy atom. The van der Waals surface area contributed by atoms with Crippen LogP contribution in [0.4, 0.5) is 0 Å². The first-order valence-electron chi connectivity index (χ1n) is 4.90. The van der Waals surface area contributed by atoms with Gasteiger partial charge in [0.1, 0.15) is 6.10 Å². The zero-order valence-corrected chi connectivity index (χ0v) is 9.27. The van der Waals surface area contributed by atoms with Crippen molar-refractivity contribution in [3.8, 4) is 0 Å². The molecule has 0 aromatic carbocycles. The van der Waals surface area contributed by atoms with Crippen molar-refractivity contribution >= 4 is 5.97 Å². The highest BCUT2D eigenvalue weighted by atomic mass is 16.6. The van der Waals surface area contributed by atoms with Crippen LogP contribution in [0.2, 0.25) is 0 Å². The molecule has 0 radical (unpaired) electrons. The Balaban J connectivity index is 2.42. The molecule has 0 N–H and O–H groups in total. The molecule has 15 heavy (non-hydrogen) atoms. The predicted molar refractivity (Wildman–Crippen MR) is 54.6 cm³/mol. The third-order valence-corrected chi connectivity index (χ3v) is 1.81. The van der Waals surface area contributed by atoms with Gasteiger partial charge in [0, 0.05) is 19.9 Å². The van der Waals surface area contributed by atoms with Gasteiger partial charge >= 0.3 is 5.97 Å². The SMILES string of the molecule is CCOC[C@@H](C)OC(=O)c1cnn(C)c1. The van der Waals surface area contributed by atoms with Crippen LogP contribution >= 0.6 is 0 Å². The van der Waals surface area contributed by atoms with Crippen LogP contribution in [0, 0.1) is 0 Å². The van der Waals surface area contributed by atoms with E-state index < -0.39 is 0 Å². The van der Waals surface area contributed by atoms with E-state index in [4.69, 9.17) is 9.47 Å². The van der Waals surface area contributed by atoms with Gasteiger partial charge < -0.3 is 9.47 Å². The summed E-state index contributed by atoms with van der Waals surface area (Å²) in [5.74, 6) is -0.365. The molecular weight excluding hydrogens is 196 g/mol. The van der Waals surface area contributed by atoms with Crippen molar-refractivity contribution in [2.75, 3.05) is 13.2 Å². The number of hydrogen-bond donors (Lipinski definition) is 0. The number of rotatable bonds is 5. The Hall–Kier alpha value is -1.36. The third kappa shape index (κ3) is 3.71. The van der Waals surface area contributed by atoms with Crippen LogP contribution in [0.15, 0.2) is 12.4 Å². The van der Waals surface area contributed by atoms with Crippen molar-refractivity contribution in [3.05, 3.63) is 18.0 Å². The lowest BCUT2D eigenvalue weighted by Gasteiger charge is -2.11. The maximum absolute atomic E-state index is 11.5. The summed E-state index contributed by atoms with van der Waals surface area (Å²) in [7, 11) is 1.75. The van der Waals surface area contributed by atoms with E-state index in [0.29, 0.717) is 18.8 Å². The fraction of sp³-hybridized carbons (Fsp3) is 0.600. The second-order valence-corrected chi connectivity index (χ2v) is 3.28. The third-order valence-electron chi connectivity index (χ3n) is 1.81. The smallest absolute Gasteiger partial charge is 0.341 e. The fourth-order valence-corrected chi connectivity index (χ4v) is 1.10. The second kappa shape index (κ2) is 5.50. The molecule has 0 aliphatic rings. The van der Waals surface area contributed by atoms with Crippen LogP contribution in [0.25, 0.3) is 0 Å². The molecule has 0 unspecified atom stereocenters. The topological polar surface area (TPSA) is 53.4 Å². The average Bonchev–Trinajstić information content (AvgIpc) is 2.61. The summed E-state index contributed by atoms with van der Waals surface area (Å²) < 4.78 is 11.8. The van der Waals surface area contributed by atoms with Gasteiger partial charge in [0.25, 0.3) is 0 Å². The van der Waals surface area contributed by atoms with E-state index in [-0.39, 0.29) is 12.1 Å². The number of hydrogen-bond acceptors (Lipinski definition) is 4. The molecule has 1 atom stereocenters. The lowest BCUT2D eigenvalue weighted by atomic mass is 10.3. The van der Waals surface area contributed by atoms with E-state index in [2.05, 4.69) is 5.10 Å². The van der Waals surface area contributed by atoms with E-state index >= 15 is 0 Å². The first kappa shape index (κ1) is 11.7. The van der Waals surface area contributed by atoms with Crippen molar-refractivity contribution < 1.29 is 14.3 Å². The lowest BCUT2D eigenvalue weighted by Crippen LogP contribution is -2.20. The molecule has 0 saturated heterocycles. The van der Waals surface area contributed by atoms with Crippen LogP contribution < -0.4 is 0 Å². The number of nitrogens with zero attached hydrogens (tertiary/aromatic N) is 2. The number of aromatic nitrogens is 2. The summed E-state index contributed by atoms with van der Waals surface area (Å²) in [4.78, 5) is 11.5. The average molecular weight is 212 g/mol. The van der Waals surface area contributed by atoms with Gasteiger partial charge in [-0.25, -0.2) is 4.79 Å². The largest absolute Gasteiger partial charge is 0.457 e. The molecule has 0 bridgehead atoms. The molecule has 0 saturated carbocycles. The van der Waals surface area contributed by atoms with Crippen LogP contribution in [0.1, 0.15) is 24.2 Å². The minimum absolute atomic E-state index is 0.238. The summed E-state index contributed by atoms with van der Waals surface area (Å²) >= 11 is 0. The van der Waals surface area contributed by atoms with Crippen LogP contribution in [0.3, 0.4) is 0 Å². The van der Waals surface area contributed by atoms with E-state index in [9.17, 15) is 4.79 Å². The Morgan fingerprint density at radius 2 is 2.40 bits per heavy atom. The molecule has 0 amide bonds. The van der Waals surface area contributed by atoms with Gasteiger partial charge in [-0.2, -0.15) is 5.10 Å². The molecule has 1 aromatic heterocycles. The monoisotopic (exact) mass is 212 g/mol. The molecule has 5 nitrogen and oxygen atoms in total. The molecule has 5 heteroatoms. The highest BCUT2D eigenvalue weighted by Gasteiger charge is 2.13. The fourth-order valence-electron chi connectivity index (χ4n) is 1.10. The van der Waals surface area contributed by atoms with Crippen molar-refractivity contribution in [2.24, 2.45) is 7.05 Å². The Labute approximate surface area is 89.0 Å². The zero-order valence-electron chi connectivity index (χ0n) is 9.27. The van der Waals surface area contributed by atoms with E-state index in [0.717, 1.165) is 0 Å². The van der Waals surface area contributed by atoms with Crippen molar-refractivity contribution in [1.29, 1.82) is 0 Å². The normalized spacial score (nSPS) is 12.5. The van der Waals surface area contributed by atoms with Crippen LogP contribution in [-0.4, -0.2) is 35.1 Å². The number of esters is 1. The Bertz CT molecular complexity index is 322. The van der Waals surface area contributed by atoms with Gasteiger partial charge in [-0.15, -0.1) is 0 Å². The molecule has 0 aliphatic heterocycles. The molecule has 1 aromatic rings. The zero-order chi connectivity index (χ0) is 11.3. The van der Waals surface area contributed by atoms with E-state index in [1.54, 1.807) is 24.9 Å². The van der Waals surface area contributed by atoms with Crippen molar-refractivity contribution in [2.45, 2.75) is 20.0 Å². The summed E-state index contributed by atoms with van der Waals surface area (Å²) in [5, 5.41) is 3.89. The first-order valence-corrected chi connectivity index (χ1v) is 4.90. The van der Waals surface area contributed by atoms with Gasteiger partial charge in [0.05, 0.1) is 18.4 Å². The minimum atomic E-state index is -0.365. The quantitative estimate of drug-likeness (QED) is 0.683. The van der Waals surface area contributed by atoms with Crippen molar-refractivity contribution in [1.82, 2.24) is 9.78 Å². The molecule has 0 spiro atoms. The molecular formula is C10H16N2O3. The summed E-state index contributed by atoms with van der Waals surface area (Å²) in [6.45, 7) is 4.73. The highest BCUT2D eigenvalue weighted by molar-refractivity contribution is 5.88. The Morgan fingerprint density at radius 1 is 1.67 bits per heavy atom. The number of carbonyl (C=O) groups excluding carboxylic acids is 1. The maximum atomic E-state index is 11.5. The van der Waals surface area contributed by atoms with Crippen LogP contribution in [-0.2, 0) is 16.5 Å². The molecule has 0 aliphatic carbocycles. The molecule has 0 fully saturated rings. The highest BCUT2D eigenvalue weighted by Crippen LogP contribution is 2.02. The van der Waals surface area contributed by atoms with Crippen LogP contribution in [0.5, 0.6) is 0 Å². The summed E-state index contributed by atoms with van der Waals surface area (Å²) in [5.41, 5.74) is 0.459. The standard InChI is InChI=1S/C10H16N2O3/c1-4-14-7-8(2)15-10(13)9-5-11-12(3)6-9/h5-6,8H,4,7H2,1-3H3/t8-/m1/s1. The van der Waals surface area contributed by atoms with Gasteiger partial charge in [-0.05, 0) is 13.8 Å².